The zero-order valence-corrected chi connectivity index (χ0v) is 16.0. The average Bonchev–Trinajstić information content (AvgIpc) is 3.19. The molecule has 1 N–H and O–H groups in total. The molecular formula is C19H16ClN3O3S. The number of aromatic nitrogens is 2. The first-order valence-corrected chi connectivity index (χ1v) is 10.1. The predicted octanol–water partition coefficient (Wildman–Crippen LogP) is 3.55. The molecule has 4 rings (SSSR count). The van der Waals surface area contributed by atoms with Gasteiger partial charge in [-0.25, -0.2) is 4.68 Å². The van der Waals surface area contributed by atoms with E-state index in [1.807, 2.05) is 24.3 Å². The molecule has 1 aliphatic rings. The third-order valence-corrected chi connectivity index (χ3v) is 5.87. The maximum atomic E-state index is 12.8. The van der Waals surface area contributed by atoms with Crippen molar-refractivity contribution in [3.63, 3.8) is 0 Å². The van der Waals surface area contributed by atoms with E-state index in [0.717, 1.165) is 22.7 Å². The van der Waals surface area contributed by atoms with Crippen LogP contribution in [-0.4, -0.2) is 27.0 Å². The van der Waals surface area contributed by atoms with Gasteiger partial charge < -0.3 is 10.1 Å². The van der Waals surface area contributed by atoms with Crippen molar-refractivity contribution in [1.82, 2.24) is 9.78 Å². The highest BCUT2D eigenvalue weighted by Gasteiger charge is 2.28. The Labute approximate surface area is 163 Å². The van der Waals surface area contributed by atoms with Crippen molar-refractivity contribution in [2.75, 3.05) is 12.4 Å². The number of anilines is 1. The molecule has 0 spiro atoms. The highest BCUT2D eigenvalue weighted by atomic mass is 35.5. The van der Waals surface area contributed by atoms with Gasteiger partial charge in [0, 0.05) is 16.4 Å². The molecule has 1 unspecified atom stereocenters. The minimum Gasteiger partial charge on any atom is -0.497 e. The molecule has 0 saturated carbocycles. The van der Waals surface area contributed by atoms with E-state index in [-0.39, 0.29) is 5.91 Å². The second-order valence-electron chi connectivity index (χ2n) is 6.05. The number of halogens is 1. The summed E-state index contributed by atoms with van der Waals surface area (Å²) in [5, 5.41) is 7.84. The molecule has 2 aromatic carbocycles. The Morgan fingerprint density at radius 3 is 2.63 bits per heavy atom. The van der Waals surface area contributed by atoms with Crippen LogP contribution in [0.3, 0.4) is 0 Å². The Balaban J connectivity index is 1.75. The molecule has 138 valence electrons. The number of hydrogen-bond donors (Lipinski definition) is 1. The van der Waals surface area contributed by atoms with Gasteiger partial charge in [0.15, 0.2) is 0 Å². The lowest BCUT2D eigenvalue weighted by Crippen LogP contribution is -2.17. The maximum absolute atomic E-state index is 12.8. The van der Waals surface area contributed by atoms with Gasteiger partial charge in [0.25, 0.3) is 5.91 Å². The summed E-state index contributed by atoms with van der Waals surface area (Å²) in [5.74, 6) is 1.65. The normalized spacial score (nSPS) is 15.4. The number of nitrogens with one attached hydrogen (secondary N) is 1. The third-order valence-electron chi connectivity index (χ3n) is 4.34. The summed E-state index contributed by atoms with van der Waals surface area (Å²) < 4.78 is 18.8. The molecule has 1 atom stereocenters. The van der Waals surface area contributed by atoms with Crippen molar-refractivity contribution < 1.29 is 13.7 Å². The summed E-state index contributed by atoms with van der Waals surface area (Å²) in [7, 11) is 0.594. The number of carbonyl (C=O) groups excluding carboxylic acids is 1. The number of amides is 1. The Morgan fingerprint density at radius 2 is 1.93 bits per heavy atom. The smallest absolute Gasteiger partial charge is 0.258 e. The third kappa shape index (κ3) is 3.36. The summed E-state index contributed by atoms with van der Waals surface area (Å²) in [6, 6.07) is 14.2. The largest absolute Gasteiger partial charge is 0.497 e. The van der Waals surface area contributed by atoms with E-state index in [4.69, 9.17) is 16.3 Å². The topological polar surface area (TPSA) is 73.2 Å². The van der Waals surface area contributed by atoms with Crippen LogP contribution in [0.4, 0.5) is 5.82 Å². The average molecular weight is 402 g/mol. The number of ether oxygens (including phenoxy) is 1. The number of methoxy groups -OCH3 is 1. The van der Waals surface area contributed by atoms with Crippen LogP contribution in [0, 0.1) is 0 Å². The number of benzene rings is 2. The van der Waals surface area contributed by atoms with Gasteiger partial charge in [-0.05, 0) is 36.4 Å². The molecule has 27 heavy (non-hydrogen) atoms. The van der Waals surface area contributed by atoms with E-state index in [2.05, 4.69) is 10.4 Å². The Kier molecular flexibility index (Phi) is 4.72. The summed E-state index contributed by atoms with van der Waals surface area (Å²) in [5.41, 5.74) is 2.67. The van der Waals surface area contributed by atoms with Crippen LogP contribution >= 0.6 is 11.6 Å². The number of rotatable bonds is 4. The second-order valence-corrected chi connectivity index (χ2v) is 7.91. The van der Waals surface area contributed by atoms with Crippen molar-refractivity contribution in [2.24, 2.45) is 0 Å². The number of fused-ring (bicyclic) bond motifs is 1. The van der Waals surface area contributed by atoms with E-state index in [0.29, 0.717) is 27.9 Å². The van der Waals surface area contributed by atoms with Crippen molar-refractivity contribution in [2.45, 2.75) is 11.5 Å². The summed E-state index contributed by atoms with van der Waals surface area (Å²) in [4.78, 5) is 12.8. The van der Waals surface area contributed by atoms with E-state index < -0.39 is 10.8 Å². The van der Waals surface area contributed by atoms with Crippen LogP contribution in [0.2, 0.25) is 5.02 Å². The fraction of sp³-hybridized carbons (Fsp3) is 0.158. The molecule has 0 saturated heterocycles. The molecule has 1 aromatic heterocycles. The lowest BCUT2D eigenvalue weighted by molar-refractivity contribution is 0.102. The molecule has 8 heteroatoms. The molecule has 1 aliphatic heterocycles. The lowest BCUT2D eigenvalue weighted by atomic mass is 10.2. The number of nitrogens with zero attached hydrogens (tertiary/aromatic N) is 2. The SMILES string of the molecule is COc1ccc(-n2nc3c(c2NC(=O)c2ccccc2Cl)CS(=O)C3)cc1. The molecule has 0 radical (unpaired) electrons. The number of carbonyl (C=O) groups is 1. The fourth-order valence-corrected chi connectivity index (χ4v) is 4.47. The van der Waals surface area contributed by atoms with Gasteiger partial charge in [0.1, 0.15) is 11.6 Å². The van der Waals surface area contributed by atoms with Gasteiger partial charge in [-0.1, -0.05) is 23.7 Å². The van der Waals surface area contributed by atoms with Gasteiger partial charge in [-0.3, -0.25) is 9.00 Å². The molecule has 0 bridgehead atoms. The zero-order chi connectivity index (χ0) is 19.0. The molecule has 0 fully saturated rings. The lowest BCUT2D eigenvalue weighted by Gasteiger charge is -2.12. The zero-order valence-electron chi connectivity index (χ0n) is 14.4. The minimum absolute atomic E-state index is 0.337. The van der Waals surface area contributed by atoms with Gasteiger partial charge in [0.2, 0.25) is 0 Å². The first-order chi connectivity index (χ1) is 13.1. The fourth-order valence-electron chi connectivity index (χ4n) is 2.99. The van der Waals surface area contributed by atoms with Crippen LogP contribution in [-0.2, 0) is 22.3 Å². The predicted molar refractivity (Wildman–Crippen MR) is 105 cm³/mol. The van der Waals surface area contributed by atoms with Crippen LogP contribution in [0.25, 0.3) is 5.69 Å². The molecule has 1 amide bonds. The second kappa shape index (κ2) is 7.17. The first-order valence-electron chi connectivity index (χ1n) is 8.23. The Hall–Kier alpha value is -2.64. The molecule has 2 heterocycles. The summed E-state index contributed by atoms with van der Waals surface area (Å²) in [6.45, 7) is 0. The van der Waals surface area contributed by atoms with Crippen molar-refractivity contribution in [3.8, 4) is 11.4 Å². The number of hydrogen-bond acceptors (Lipinski definition) is 4. The highest BCUT2D eigenvalue weighted by molar-refractivity contribution is 7.83. The quantitative estimate of drug-likeness (QED) is 0.725. The van der Waals surface area contributed by atoms with Crippen LogP contribution in [0.5, 0.6) is 5.75 Å². The van der Waals surface area contributed by atoms with E-state index in [1.165, 1.54) is 0 Å². The van der Waals surface area contributed by atoms with Crippen LogP contribution < -0.4 is 10.1 Å². The van der Waals surface area contributed by atoms with Crippen molar-refractivity contribution in [3.05, 3.63) is 70.4 Å². The van der Waals surface area contributed by atoms with Crippen LogP contribution in [0.15, 0.2) is 48.5 Å². The van der Waals surface area contributed by atoms with Gasteiger partial charge >= 0.3 is 0 Å². The standard InChI is InChI=1S/C19H16ClN3O3S/c1-26-13-8-6-12(7-9-13)23-18(15-10-27(25)11-17(15)22-23)21-19(24)14-4-2-3-5-16(14)20/h2-9H,10-11H2,1H3,(H,21,24). The summed E-state index contributed by atoms with van der Waals surface area (Å²) >= 11 is 6.14. The first kappa shape index (κ1) is 17.8. The van der Waals surface area contributed by atoms with E-state index in [9.17, 15) is 9.00 Å². The molecular weight excluding hydrogens is 386 g/mol. The van der Waals surface area contributed by atoms with Crippen molar-refractivity contribution in [1.29, 1.82) is 0 Å². The van der Waals surface area contributed by atoms with Crippen molar-refractivity contribution >= 4 is 34.1 Å². The van der Waals surface area contributed by atoms with Gasteiger partial charge in [-0.2, -0.15) is 5.10 Å². The summed E-state index contributed by atoms with van der Waals surface area (Å²) in [6.07, 6.45) is 0. The Bertz CT molecular complexity index is 1050. The monoisotopic (exact) mass is 401 g/mol. The van der Waals surface area contributed by atoms with Crippen LogP contribution in [0.1, 0.15) is 21.6 Å². The molecule has 0 aliphatic carbocycles. The molecule has 6 nitrogen and oxygen atoms in total. The maximum Gasteiger partial charge on any atom is 0.258 e. The van der Waals surface area contributed by atoms with Gasteiger partial charge in [0.05, 0.1) is 40.6 Å². The highest BCUT2D eigenvalue weighted by Crippen LogP contribution is 2.32. The van der Waals surface area contributed by atoms with E-state index >= 15 is 0 Å². The Morgan fingerprint density at radius 1 is 1.19 bits per heavy atom. The molecule has 3 aromatic rings. The minimum atomic E-state index is -1.01. The van der Waals surface area contributed by atoms with Gasteiger partial charge in [-0.15, -0.1) is 0 Å². The van der Waals surface area contributed by atoms with E-state index in [1.54, 1.807) is 36.1 Å².